The maximum Gasteiger partial charge on any atom is 0.273 e. The minimum atomic E-state index is -0.462. The number of nitrogens with zero attached hydrogens (tertiary/aromatic N) is 1. The van der Waals surface area contributed by atoms with Gasteiger partial charge < -0.3 is 14.8 Å². The van der Waals surface area contributed by atoms with Crippen LogP contribution >= 0.6 is 0 Å². The highest BCUT2D eigenvalue weighted by Crippen LogP contribution is 2.31. The van der Waals surface area contributed by atoms with Crippen LogP contribution in [-0.2, 0) is 0 Å². The van der Waals surface area contributed by atoms with Crippen LogP contribution in [0, 0.1) is 16.0 Å². The summed E-state index contributed by atoms with van der Waals surface area (Å²) in [5, 5.41) is 13.7. The average molecular weight is 254 g/mol. The number of nitro benzene ring substituents is 1. The van der Waals surface area contributed by atoms with Crippen LogP contribution in [0.15, 0.2) is 18.2 Å². The highest BCUT2D eigenvalue weighted by atomic mass is 16.6. The van der Waals surface area contributed by atoms with Gasteiger partial charge in [0.25, 0.3) is 5.69 Å². The van der Waals surface area contributed by atoms with Crippen molar-refractivity contribution in [2.24, 2.45) is 5.92 Å². The van der Waals surface area contributed by atoms with Crippen LogP contribution < -0.4 is 14.8 Å². The second-order valence-corrected chi connectivity index (χ2v) is 4.07. The molecule has 6 heteroatoms. The first-order valence-corrected chi connectivity index (χ1v) is 5.68. The Morgan fingerprint density at radius 3 is 2.72 bits per heavy atom. The third kappa shape index (κ3) is 3.89. The van der Waals surface area contributed by atoms with E-state index in [1.54, 1.807) is 6.07 Å². The number of rotatable bonds is 7. The first-order chi connectivity index (χ1) is 8.58. The molecule has 0 heterocycles. The number of ether oxygens (including phenoxy) is 2. The Morgan fingerprint density at radius 1 is 1.44 bits per heavy atom. The summed E-state index contributed by atoms with van der Waals surface area (Å²) in [7, 11) is 3.34. The van der Waals surface area contributed by atoms with E-state index in [4.69, 9.17) is 9.47 Å². The number of hydrogen-bond donors (Lipinski definition) is 1. The summed E-state index contributed by atoms with van der Waals surface area (Å²) >= 11 is 0. The van der Waals surface area contributed by atoms with Crippen molar-refractivity contribution in [3.8, 4) is 11.5 Å². The second-order valence-electron chi connectivity index (χ2n) is 4.07. The highest BCUT2D eigenvalue weighted by Gasteiger charge is 2.13. The van der Waals surface area contributed by atoms with E-state index in [1.165, 1.54) is 19.2 Å². The molecule has 0 aromatic heterocycles. The first-order valence-electron chi connectivity index (χ1n) is 5.68. The molecule has 1 atom stereocenters. The molecule has 0 bridgehead atoms. The largest absolute Gasteiger partial charge is 0.493 e. The van der Waals surface area contributed by atoms with E-state index >= 15 is 0 Å². The monoisotopic (exact) mass is 254 g/mol. The van der Waals surface area contributed by atoms with Gasteiger partial charge in [-0.1, -0.05) is 6.92 Å². The summed E-state index contributed by atoms with van der Waals surface area (Å²) in [6.45, 7) is 3.42. The SMILES string of the molecule is CNCC(C)COc1ccc([N+](=O)[O-])cc1OC. The molecule has 0 aliphatic carbocycles. The van der Waals surface area contributed by atoms with Crippen LogP contribution in [0.3, 0.4) is 0 Å². The molecular weight excluding hydrogens is 236 g/mol. The number of hydrogen-bond acceptors (Lipinski definition) is 5. The van der Waals surface area contributed by atoms with E-state index in [0.29, 0.717) is 24.0 Å². The zero-order valence-electron chi connectivity index (χ0n) is 10.8. The summed E-state index contributed by atoms with van der Waals surface area (Å²) in [6, 6.07) is 4.32. The molecule has 0 amide bonds. The van der Waals surface area contributed by atoms with Crippen LogP contribution in [0.1, 0.15) is 6.92 Å². The van der Waals surface area contributed by atoms with Crippen LogP contribution in [0.4, 0.5) is 5.69 Å². The predicted molar refractivity (Wildman–Crippen MR) is 68.2 cm³/mol. The van der Waals surface area contributed by atoms with Gasteiger partial charge in [-0.2, -0.15) is 0 Å². The molecule has 1 aromatic carbocycles. The zero-order valence-corrected chi connectivity index (χ0v) is 10.8. The molecule has 0 saturated heterocycles. The van der Waals surface area contributed by atoms with E-state index in [-0.39, 0.29) is 5.69 Å². The third-order valence-corrected chi connectivity index (χ3v) is 2.43. The molecular formula is C12H18N2O4. The van der Waals surface area contributed by atoms with Crippen molar-refractivity contribution in [3.05, 3.63) is 28.3 Å². The lowest BCUT2D eigenvalue weighted by Crippen LogP contribution is -2.21. The van der Waals surface area contributed by atoms with Crippen molar-refractivity contribution in [1.82, 2.24) is 5.32 Å². The number of nitrogens with one attached hydrogen (secondary N) is 1. The van der Waals surface area contributed by atoms with E-state index in [0.717, 1.165) is 6.54 Å². The fraction of sp³-hybridized carbons (Fsp3) is 0.500. The van der Waals surface area contributed by atoms with Gasteiger partial charge in [0, 0.05) is 18.5 Å². The highest BCUT2D eigenvalue weighted by molar-refractivity contribution is 5.48. The average Bonchev–Trinajstić information content (AvgIpc) is 2.36. The van der Waals surface area contributed by atoms with Crippen molar-refractivity contribution < 1.29 is 14.4 Å². The van der Waals surface area contributed by atoms with Crippen molar-refractivity contribution in [1.29, 1.82) is 0 Å². The fourth-order valence-electron chi connectivity index (χ4n) is 1.53. The minimum absolute atomic E-state index is 0.0116. The molecule has 0 radical (unpaired) electrons. The molecule has 0 fully saturated rings. The molecule has 0 saturated carbocycles. The van der Waals surface area contributed by atoms with Gasteiger partial charge in [-0.3, -0.25) is 10.1 Å². The summed E-state index contributed by atoms with van der Waals surface area (Å²) in [5.41, 5.74) is -0.0116. The van der Waals surface area contributed by atoms with E-state index in [2.05, 4.69) is 5.32 Å². The topological polar surface area (TPSA) is 73.6 Å². The van der Waals surface area contributed by atoms with Gasteiger partial charge in [0.15, 0.2) is 11.5 Å². The molecule has 6 nitrogen and oxygen atoms in total. The Hall–Kier alpha value is -1.82. The van der Waals surface area contributed by atoms with Crippen molar-refractivity contribution in [3.63, 3.8) is 0 Å². The maximum atomic E-state index is 10.6. The maximum absolute atomic E-state index is 10.6. The molecule has 0 spiro atoms. The van der Waals surface area contributed by atoms with Gasteiger partial charge in [0.05, 0.1) is 24.7 Å². The standard InChI is InChI=1S/C12H18N2O4/c1-9(7-13-2)8-18-11-5-4-10(14(15)16)6-12(11)17-3/h4-6,9,13H,7-8H2,1-3H3. The molecule has 18 heavy (non-hydrogen) atoms. The van der Waals surface area contributed by atoms with Crippen molar-refractivity contribution in [2.45, 2.75) is 6.92 Å². The molecule has 1 unspecified atom stereocenters. The van der Waals surface area contributed by atoms with Crippen LogP contribution in [0.25, 0.3) is 0 Å². The number of nitro groups is 1. The Kier molecular flexibility index (Phi) is 5.38. The molecule has 1 N–H and O–H groups in total. The first kappa shape index (κ1) is 14.2. The van der Waals surface area contributed by atoms with E-state index in [1.807, 2.05) is 14.0 Å². The normalized spacial score (nSPS) is 11.9. The van der Waals surface area contributed by atoms with Gasteiger partial charge in [0.2, 0.25) is 0 Å². The van der Waals surface area contributed by atoms with Crippen LogP contribution in [-0.4, -0.2) is 32.2 Å². The Balaban J connectivity index is 2.73. The summed E-state index contributed by atoms with van der Waals surface area (Å²) < 4.78 is 10.7. The van der Waals surface area contributed by atoms with Crippen molar-refractivity contribution >= 4 is 5.69 Å². The number of methoxy groups -OCH3 is 1. The third-order valence-electron chi connectivity index (χ3n) is 2.43. The van der Waals surface area contributed by atoms with Gasteiger partial charge >= 0.3 is 0 Å². The number of benzene rings is 1. The van der Waals surface area contributed by atoms with Crippen LogP contribution in [0.5, 0.6) is 11.5 Å². The van der Waals surface area contributed by atoms with Gasteiger partial charge in [0.1, 0.15) is 0 Å². The summed E-state index contributed by atoms with van der Waals surface area (Å²) in [6.07, 6.45) is 0. The van der Waals surface area contributed by atoms with E-state index < -0.39 is 4.92 Å². The molecule has 0 aliphatic rings. The smallest absolute Gasteiger partial charge is 0.273 e. The molecule has 100 valence electrons. The summed E-state index contributed by atoms with van der Waals surface area (Å²) in [5.74, 6) is 1.24. The van der Waals surface area contributed by atoms with E-state index in [9.17, 15) is 10.1 Å². The molecule has 0 aliphatic heterocycles. The Labute approximate surface area is 106 Å². The zero-order chi connectivity index (χ0) is 13.5. The van der Waals surface area contributed by atoms with Crippen LogP contribution in [0.2, 0.25) is 0 Å². The van der Waals surface area contributed by atoms with Crippen molar-refractivity contribution in [2.75, 3.05) is 27.3 Å². The quantitative estimate of drug-likeness (QED) is 0.593. The lowest BCUT2D eigenvalue weighted by Gasteiger charge is -2.14. The number of non-ortho nitro benzene ring substituents is 1. The minimum Gasteiger partial charge on any atom is -0.493 e. The lowest BCUT2D eigenvalue weighted by atomic mass is 10.2. The van der Waals surface area contributed by atoms with Gasteiger partial charge in [-0.25, -0.2) is 0 Å². The van der Waals surface area contributed by atoms with Gasteiger partial charge in [-0.15, -0.1) is 0 Å². The summed E-state index contributed by atoms with van der Waals surface area (Å²) in [4.78, 5) is 10.2. The fourth-order valence-corrected chi connectivity index (χ4v) is 1.53. The van der Waals surface area contributed by atoms with Gasteiger partial charge in [-0.05, 0) is 13.1 Å². The lowest BCUT2D eigenvalue weighted by molar-refractivity contribution is -0.384. The Bertz CT molecular complexity index is 409. The second kappa shape index (κ2) is 6.80. The predicted octanol–water partition coefficient (Wildman–Crippen LogP) is 1.84. The Morgan fingerprint density at radius 2 is 2.17 bits per heavy atom. The molecule has 1 rings (SSSR count). The molecule has 1 aromatic rings.